The van der Waals surface area contributed by atoms with E-state index < -0.39 is 0 Å². The Bertz CT molecular complexity index is 553. The number of amides is 1. The number of halogens is 2. The van der Waals surface area contributed by atoms with Crippen LogP contribution >= 0.6 is 11.6 Å². The average molecular weight is 342 g/mol. The van der Waals surface area contributed by atoms with E-state index in [9.17, 15) is 9.18 Å². The van der Waals surface area contributed by atoms with Gasteiger partial charge in [-0.1, -0.05) is 24.6 Å². The van der Waals surface area contributed by atoms with Crippen LogP contribution in [0.2, 0.25) is 5.02 Å². The van der Waals surface area contributed by atoms with Gasteiger partial charge in [0.1, 0.15) is 5.82 Å². The van der Waals surface area contributed by atoms with Crippen LogP contribution in [0.3, 0.4) is 0 Å². The lowest BCUT2D eigenvalue weighted by Gasteiger charge is -2.34. The highest BCUT2D eigenvalue weighted by Crippen LogP contribution is 2.21. The largest absolute Gasteiger partial charge is 0.352 e. The quantitative estimate of drug-likeness (QED) is 0.865. The summed E-state index contributed by atoms with van der Waals surface area (Å²) in [5.74, 6) is -0.518. The number of rotatable bonds is 5. The highest BCUT2D eigenvalue weighted by molar-refractivity contribution is 6.31. The van der Waals surface area contributed by atoms with Gasteiger partial charge in [-0.25, -0.2) is 4.39 Å². The first-order chi connectivity index (χ1) is 10.9. The van der Waals surface area contributed by atoms with Gasteiger partial charge in [-0.2, -0.15) is 0 Å². The van der Waals surface area contributed by atoms with Crippen molar-refractivity contribution in [3.63, 3.8) is 0 Å². The Morgan fingerprint density at radius 2 is 2.26 bits per heavy atom. The van der Waals surface area contributed by atoms with Crippen LogP contribution in [0.15, 0.2) is 18.2 Å². The zero-order chi connectivity index (χ0) is 17.0. The van der Waals surface area contributed by atoms with Gasteiger partial charge in [-0.15, -0.1) is 0 Å². The third-order valence-corrected chi connectivity index (χ3v) is 4.82. The molecule has 1 heterocycles. The number of carbonyl (C=O) groups is 1. The van der Waals surface area contributed by atoms with Crippen molar-refractivity contribution in [3.8, 4) is 0 Å². The minimum atomic E-state index is -0.326. The Morgan fingerprint density at radius 1 is 1.52 bits per heavy atom. The minimum Gasteiger partial charge on any atom is -0.352 e. The molecule has 4 nitrogen and oxygen atoms in total. The van der Waals surface area contributed by atoms with Gasteiger partial charge < -0.3 is 11.1 Å². The van der Waals surface area contributed by atoms with Gasteiger partial charge in [0.05, 0.1) is 0 Å². The van der Waals surface area contributed by atoms with Gasteiger partial charge in [-0.05, 0) is 44.0 Å². The molecule has 0 radical (unpaired) electrons. The van der Waals surface area contributed by atoms with Crippen LogP contribution in [-0.4, -0.2) is 36.0 Å². The first kappa shape index (κ1) is 18.2. The van der Waals surface area contributed by atoms with Gasteiger partial charge in [0, 0.05) is 36.1 Å². The molecule has 0 aromatic heterocycles. The molecular weight excluding hydrogens is 317 g/mol. The van der Waals surface area contributed by atoms with Crippen LogP contribution in [-0.2, 0) is 11.3 Å². The van der Waals surface area contributed by atoms with E-state index in [0.29, 0.717) is 11.6 Å². The van der Waals surface area contributed by atoms with Crippen LogP contribution in [0.5, 0.6) is 0 Å². The second-order valence-corrected chi connectivity index (χ2v) is 6.87. The summed E-state index contributed by atoms with van der Waals surface area (Å²) >= 11 is 6.10. The van der Waals surface area contributed by atoms with E-state index >= 15 is 0 Å². The Balaban J connectivity index is 1.91. The zero-order valence-corrected chi connectivity index (χ0v) is 14.4. The van der Waals surface area contributed by atoms with Gasteiger partial charge in [0.2, 0.25) is 5.91 Å². The minimum absolute atomic E-state index is 0.00617. The summed E-state index contributed by atoms with van der Waals surface area (Å²) in [4.78, 5) is 14.4. The third-order valence-electron chi connectivity index (χ3n) is 4.46. The Kier molecular flexibility index (Phi) is 6.39. The summed E-state index contributed by atoms with van der Waals surface area (Å²) in [6.07, 6.45) is 1.97. The number of carbonyl (C=O) groups excluding carboxylic acids is 1. The SMILES string of the molecule is CC(N)C(C)C(=O)NC1CCCN(Cc2ccc(F)cc2Cl)C1. The maximum absolute atomic E-state index is 13.1. The number of piperidine rings is 1. The molecule has 1 aromatic rings. The molecule has 1 fully saturated rings. The van der Waals surface area contributed by atoms with Crippen LogP contribution in [0.4, 0.5) is 4.39 Å². The van der Waals surface area contributed by atoms with Crippen LogP contribution < -0.4 is 11.1 Å². The monoisotopic (exact) mass is 341 g/mol. The number of hydrogen-bond acceptors (Lipinski definition) is 3. The normalized spacial score (nSPS) is 21.7. The van der Waals surface area contributed by atoms with E-state index in [1.807, 2.05) is 13.8 Å². The van der Waals surface area contributed by atoms with E-state index in [0.717, 1.165) is 31.5 Å². The van der Waals surface area contributed by atoms with Crippen LogP contribution in [0.1, 0.15) is 32.3 Å². The van der Waals surface area contributed by atoms with Crippen molar-refractivity contribution in [2.75, 3.05) is 13.1 Å². The fourth-order valence-electron chi connectivity index (χ4n) is 2.78. The van der Waals surface area contributed by atoms with E-state index in [1.165, 1.54) is 12.1 Å². The fraction of sp³-hybridized carbons (Fsp3) is 0.588. The van der Waals surface area contributed by atoms with Crippen molar-refractivity contribution < 1.29 is 9.18 Å². The van der Waals surface area contributed by atoms with E-state index in [1.54, 1.807) is 6.07 Å². The van der Waals surface area contributed by atoms with Gasteiger partial charge in [-0.3, -0.25) is 9.69 Å². The molecule has 6 heteroatoms. The van der Waals surface area contributed by atoms with Crippen molar-refractivity contribution in [1.82, 2.24) is 10.2 Å². The predicted octanol–water partition coefficient (Wildman–Crippen LogP) is 2.54. The second-order valence-electron chi connectivity index (χ2n) is 6.47. The molecular formula is C17H25ClFN3O. The molecule has 0 bridgehead atoms. The Morgan fingerprint density at radius 3 is 2.91 bits per heavy atom. The average Bonchev–Trinajstić information content (AvgIpc) is 2.49. The maximum Gasteiger partial charge on any atom is 0.224 e. The molecule has 1 amide bonds. The van der Waals surface area contributed by atoms with Crippen molar-refractivity contribution in [1.29, 1.82) is 0 Å². The summed E-state index contributed by atoms with van der Waals surface area (Å²) in [6, 6.07) is 4.45. The molecule has 0 aliphatic carbocycles. The predicted molar refractivity (Wildman–Crippen MR) is 90.7 cm³/mol. The number of nitrogens with one attached hydrogen (secondary N) is 1. The Hall–Kier alpha value is -1.17. The van der Waals surface area contributed by atoms with E-state index in [4.69, 9.17) is 17.3 Å². The van der Waals surface area contributed by atoms with Gasteiger partial charge in [0.15, 0.2) is 0 Å². The maximum atomic E-state index is 13.1. The number of hydrogen-bond donors (Lipinski definition) is 2. The van der Waals surface area contributed by atoms with Crippen molar-refractivity contribution in [2.45, 2.75) is 45.3 Å². The van der Waals surface area contributed by atoms with Crippen LogP contribution in [0, 0.1) is 11.7 Å². The first-order valence-electron chi connectivity index (χ1n) is 8.09. The molecule has 23 heavy (non-hydrogen) atoms. The molecule has 1 saturated heterocycles. The molecule has 3 unspecified atom stereocenters. The molecule has 128 valence electrons. The highest BCUT2D eigenvalue weighted by Gasteiger charge is 2.25. The number of nitrogens with two attached hydrogens (primary N) is 1. The molecule has 1 aromatic carbocycles. The lowest BCUT2D eigenvalue weighted by Crippen LogP contribution is -2.50. The van der Waals surface area contributed by atoms with Crippen molar-refractivity contribution in [2.24, 2.45) is 11.7 Å². The van der Waals surface area contributed by atoms with Crippen molar-refractivity contribution in [3.05, 3.63) is 34.6 Å². The molecule has 1 aliphatic heterocycles. The number of benzene rings is 1. The molecule has 1 aliphatic rings. The van der Waals surface area contributed by atoms with Crippen LogP contribution in [0.25, 0.3) is 0 Å². The number of nitrogens with zero attached hydrogens (tertiary/aromatic N) is 1. The van der Waals surface area contributed by atoms with E-state index in [2.05, 4.69) is 10.2 Å². The molecule has 0 saturated carbocycles. The smallest absolute Gasteiger partial charge is 0.224 e. The topological polar surface area (TPSA) is 58.4 Å². The second kappa shape index (κ2) is 8.08. The zero-order valence-electron chi connectivity index (χ0n) is 13.7. The molecule has 3 atom stereocenters. The standard InChI is InChI=1S/C17H25ClFN3O/c1-11(12(2)20)17(23)21-15-4-3-7-22(10-15)9-13-5-6-14(19)8-16(13)18/h5-6,8,11-12,15H,3-4,7,9-10,20H2,1-2H3,(H,21,23). The fourth-order valence-corrected chi connectivity index (χ4v) is 3.01. The van der Waals surface area contributed by atoms with Gasteiger partial charge >= 0.3 is 0 Å². The number of likely N-dealkylation sites (tertiary alicyclic amines) is 1. The summed E-state index contributed by atoms with van der Waals surface area (Å²) in [5.41, 5.74) is 6.69. The lowest BCUT2D eigenvalue weighted by molar-refractivity contribution is -0.126. The summed E-state index contributed by atoms with van der Waals surface area (Å²) in [7, 11) is 0. The first-order valence-corrected chi connectivity index (χ1v) is 8.47. The summed E-state index contributed by atoms with van der Waals surface area (Å²) in [5, 5.41) is 3.53. The van der Waals surface area contributed by atoms with E-state index in [-0.39, 0.29) is 29.7 Å². The summed E-state index contributed by atoms with van der Waals surface area (Å²) in [6.45, 7) is 6.06. The lowest BCUT2D eigenvalue weighted by atomic mass is 10.0. The highest BCUT2D eigenvalue weighted by atomic mass is 35.5. The van der Waals surface area contributed by atoms with Crippen molar-refractivity contribution >= 4 is 17.5 Å². The van der Waals surface area contributed by atoms with Gasteiger partial charge in [0.25, 0.3) is 0 Å². The summed E-state index contributed by atoms with van der Waals surface area (Å²) < 4.78 is 13.1. The Labute approximate surface area is 142 Å². The third kappa shape index (κ3) is 5.16. The molecule has 0 spiro atoms. The molecule has 2 rings (SSSR count). The molecule has 3 N–H and O–H groups in total.